The molecule has 8 aromatic carbocycles. The van der Waals surface area contributed by atoms with E-state index in [-0.39, 0.29) is 45.2 Å². The van der Waals surface area contributed by atoms with Gasteiger partial charge in [-0.2, -0.15) is 30.9 Å². The van der Waals surface area contributed by atoms with Crippen molar-refractivity contribution in [3.05, 3.63) is 324 Å². The molecule has 1 aliphatic heterocycles. The number of hydrogen-bond donors (Lipinski definition) is 7. The first-order chi connectivity index (χ1) is 64.5. The van der Waals surface area contributed by atoms with E-state index in [1.807, 2.05) is 82.6 Å². The Hall–Kier alpha value is -15.0. The second kappa shape index (κ2) is 44.3. The number of hydrogen-bond acceptors (Lipinski definition) is 29. The van der Waals surface area contributed by atoms with Crippen LogP contribution in [0.15, 0.2) is 242 Å². The molecule has 0 atom stereocenters. The highest BCUT2D eigenvalue weighted by Crippen LogP contribution is 2.38. The van der Waals surface area contributed by atoms with Crippen LogP contribution in [0.3, 0.4) is 0 Å². The second-order valence-electron chi connectivity index (χ2n) is 30.2. The normalized spacial score (nSPS) is 12.0. The van der Waals surface area contributed by atoms with Crippen molar-refractivity contribution in [1.82, 2.24) is 58.4 Å². The molecule has 680 valence electrons. The van der Waals surface area contributed by atoms with E-state index in [0.29, 0.717) is 101 Å². The average molecular weight is 1980 g/mol. The van der Waals surface area contributed by atoms with Crippen molar-refractivity contribution >= 4 is 110 Å². The van der Waals surface area contributed by atoms with Crippen molar-refractivity contribution in [2.24, 2.45) is 0 Å². The summed E-state index contributed by atoms with van der Waals surface area (Å²) in [4.78, 5) is 87.6. The molecule has 0 aliphatic carbocycles. The molecule has 8 aromatic heterocycles. The number of ether oxygens (including phenoxy) is 5. The van der Waals surface area contributed by atoms with Gasteiger partial charge in [-0.15, -0.1) is 0 Å². The average Bonchev–Trinajstić information content (AvgIpc) is 1.61. The summed E-state index contributed by atoms with van der Waals surface area (Å²) in [5.74, 6) is -3.42. The summed E-state index contributed by atoms with van der Waals surface area (Å²) in [7, 11) is 6.03. The number of aromatic carboxylic acids is 1. The maximum atomic E-state index is 11.8. The number of nitrogens with zero attached hydrogens (tertiary/aromatic N) is 14. The molecule has 0 spiro atoms. The Morgan fingerprint density at radius 1 is 0.388 bits per heavy atom. The number of aromatic nitrogens is 12. The molecule has 7 N–H and O–H groups in total. The van der Waals surface area contributed by atoms with Crippen LogP contribution in [-0.4, -0.2) is 184 Å². The van der Waals surface area contributed by atoms with Crippen molar-refractivity contribution in [3.63, 3.8) is 0 Å². The molecule has 1 fully saturated rings. The van der Waals surface area contributed by atoms with Gasteiger partial charge >= 0.3 is 42.9 Å². The van der Waals surface area contributed by atoms with Gasteiger partial charge in [-0.05, 0) is 222 Å². The van der Waals surface area contributed by atoms with E-state index in [1.54, 1.807) is 195 Å². The van der Waals surface area contributed by atoms with Gasteiger partial charge in [-0.25, -0.2) is 66.8 Å². The monoisotopic (exact) mass is 1980 g/mol. The third kappa shape index (κ3) is 22.4. The van der Waals surface area contributed by atoms with Crippen molar-refractivity contribution in [1.29, 1.82) is 10.5 Å². The lowest BCUT2D eigenvalue weighted by molar-refractivity contribution is 0.00578. The first-order valence-corrected chi connectivity index (χ1v) is 42.5. The number of aliphatic hydroxyl groups is 6. The summed E-state index contributed by atoms with van der Waals surface area (Å²) in [6.07, 6.45) is 14.1. The van der Waals surface area contributed by atoms with E-state index < -0.39 is 54.1 Å². The number of benzene rings is 8. The molecule has 134 heavy (non-hydrogen) atoms. The summed E-state index contributed by atoms with van der Waals surface area (Å²) in [6, 6.07) is 58.0. The number of fused-ring (bicyclic) bond motifs is 4. The van der Waals surface area contributed by atoms with Crippen LogP contribution in [-0.2, 0) is 72.6 Å². The Kier molecular flexibility index (Phi) is 32.4. The van der Waals surface area contributed by atoms with E-state index >= 15 is 0 Å². The van der Waals surface area contributed by atoms with E-state index in [0.717, 1.165) is 75.1 Å². The van der Waals surface area contributed by atoms with Crippen LogP contribution >= 0.6 is 38.5 Å². The molecular formula is C97H85BBrIN14O20. The van der Waals surface area contributed by atoms with Gasteiger partial charge < -0.3 is 68.7 Å². The van der Waals surface area contributed by atoms with E-state index in [2.05, 4.69) is 90.7 Å². The number of rotatable bonds is 19. The summed E-state index contributed by atoms with van der Waals surface area (Å²) >= 11 is 5.42. The van der Waals surface area contributed by atoms with Gasteiger partial charge in [0, 0.05) is 68.7 Å². The maximum Gasteiger partial charge on any atom is 0.494 e. The van der Waals surface area contributed by atoms with Gasteiger partial charge in [0.1, 0.15) is 0 Å². The van der Waals surface area contributed by atoms with Crippen molar-refractivity contribution in [2.75, 3.05) is 35.5 Å². The molecule has 0 unspecified atom stereocenters. The minimum atomic E-state index is -1.09. The number of esters is 5. The van der Waals surface area contributed by atoms with E-state index in [4.69, 9.17) is 48.9 Å². The topological polar surface area (TPSA) is 477 Å². The number of carboxylic acids is 1. The number of carbonyl (C=O) groups is 6. The molecule has 1 saturated heterocycles. The van der Waals surface area contributed by atoms with Crippen LogP contribution in [0.2, 0.25) is 0 Å². The predicted molar refractivity (Wildman–Crippen MR) is 502 cm³/mol. The van der Waals surface area contributed by atoms with Crippen LogP contribution in [0, 0.1) is 26.2 Å². The molecule has 17 rings (SSSR count). The van der Waals surface area contributed by atoms with Crippen LogP contribution in [0.5, 0.6) is 0 Å². The Labute approximate surface area is 787 Å². The van der Waals surface area contributed by atoms with Crippen molar-refractivity contribution in [3.8, 4) is 79.4 Å². The highest BCUT2D eigenvalue weighted by Gasteiger charge is 2.52. The third-order valence-corrected chi connectivity index (χ3v) is 22.8. The first-order valence-electron chi connectivity index (χ1n) is 40.6. The summed E-state index contributed by atoms with van der Waals surface area (Å²) in [5.41, 5.74) is 17.9. The summed E-state index contributed by atoms with van der Waals surface area (Å²) < 4.78 is 43.8. The fourth-order valence-electron chi connectivity index (χ4n) is 13.7. The number of aliphatic hydroxyl groups excluding tert-OH is 6. The number of methoxy groups -OCH3 is 5. The molecule has 16 aromatic rings. The molecule has 34 nitrogen and oxygen atoms in total. The van der Waals surface area contributed by atoms with Crippen LogP contribution < -0.4 is 5.46 Å². The summed E-state index contributed by atoms with van der Waals surface area (Å²) in [5, 5.41) is 101. The lowest BCUT2D eigenvalue weighted by atomic mass is 9.77. The third-order valence-electron chi connectivity index (χ3n) is 21.6. The Bertz CT molecular complexity index is 7140. The zero-order chi connectivity index (χ0) is 96.2. The molecule has 0 saturated carbocycles. The van der Waals surface area contributed by atoms with Crippen molar-refractivity contribution < 1.29 is 97.5 Å². The van der Waals surface area contributed by atoms with Gasteiger partial charge in [0.15, 0.2) is 22.6 Å². The zero-order valence-corrected chi connectivity index (χ0v) is 77.0. The lowest BCUT2D eigenvalue weighted by Crippen LogP contribution is -2.41. The van der Waals surface area contributed by atoms with Gasteiger partial charge in [0.05, 0.1) is 194 Å². The van der Waals surface area contributed by atoms with Crippen LogP contribution in [0.4, 0.5) is 0 Å². The Morgan fingerprint density at radius 2 is 0.701 bits per heavy atom. The van der Waals surface area contributed by atoms with E-state index in [1.165, 1.54) is 41.6 Å². The van der Waals surface area contributed by atoms with Gasteiger partial charge in [-0.3, -0.25) is 0 Å². The SMILES string of the molecule is COC(=O)c1ccc(-c2ccn3ncc(-c4ccc(C#N)cc4)c3n2)cc1CO.COC(=O)c1ccc(-c2ccn3ncc(I)c3n2)cc1CO.COC(=O)c1ccc(-c2ccn3nccc3n2)cc1CO.COC(=O)c1ccc(B2OC(C)(C)C(C)(C)O2)cc1CO.COC(=O)c1ccc(Br)cc1CO.N#Cc1ccc(-c2cnn3ccc(-c4ccc(C(=O)O)c(CO)c4)nc23)cc1. The Morgan fingerprint density at radius 3 is 1.07 bits per heavy atom. The van der Waals surface area contributed by atoms with Gasteiger partial charge in [0.25, 0.3) is 0 Å². The number of halogens is 2. The predicted octanol–water partition coefficient (Wildman–Crippen LogP) is 13.3. The summed E-state index contributed by atoms with van der Waals surface area (Å²) in [6.45, 7) is 6.32. The maximum absolute atomic E-state index is 11.8. The molecule has 9 heterocycles. The largest absolute Gasteiger partial charge is 0.494 e. The number of nitriles is 2. The first kappa shape index (κ1) is 98.0. The number of carboxylic acid groups (broad SMARTS) is 1. The minimum absolute atomic E-state index is 0.0648. The molecule has 0 radical (unpaired) electrons. The fourth-order valence-corrected chi connectivity index (χ4v) is 14.6. The van der Waals surface area contributed by atoms with E-state index in [9.17, 15) is 59.4 Å². The minimum Gasteiger partial charge on any atom is -0.478 e. The van der Waals surface area contributed by atoms with Crippen LogP contribution in [0.1, 0.15) is 134 Å². The Balaban J connectivity index is 0.000000147. The highest BCUT2D eigenvalue weighted by molar-refractivity contribution is 14.1. The fraction of sp³-hybridized carbons (Fsp3) is 0.175. The second-order valence-corrected chi connectivity index (χ2v) is 32.3. The molecule has 0 amide bonds. The molecule has 37 heteroatoms. The van der Waals surface area contributed by atoms with Gasteiger partial charge in [-0.1, -0.05) is 76.6 Å². The quantitative estimate of drug-likeness (QED) is 0.0171. The molecular weight excluding hydrogens is 1900 g/mol. The number of carbonyl (C=O) groups excluding carboxylic acids is 5. The highest BCUT2D eigenvalue weighted by atomic mass is 127. The zero-order valence-electron chi connectivity index (χ0n) is 73.3. The molecule has 0 bridgehead atoms. The smallest absolute Gasteiger partial charge is 0.478 e. The lowest BCUT2D eigenvalue weighted by Gasteiger charge is -2.32. The van der Waals surface area contributed by atoms with Gasteiger partial charge in [0.2, 0.25) is 0 Å². The standard InChI is InChI=1S/C22H16N4O3.C21H14N4O3.C15H21BO5.C15H12IN3O3.C15H13N3O3.C9H9BrO3/c1-29-22(28)18-7-6-16(10-17(18)13-27)20-8-9-26-21(25-20)19(12-24-26)15-4-2-14(11-23)3-5-15;22-10-13-1-3-14(4-2-13)18-11-23-25-8-7-19(24-20(18)25)15-5-6-17(21(27)28)16(9-15)12-26;1-14(2)15(3,4)21-16(20-14)11-6-7-12(13(18)19-5)10(8-11)9-17;1-22-15(21)11-3-2-9(6-10(11)8-20)13-4-5-19-14(18-13)12(16)7-17-19;1-21-15(20)12-3-2-10(8-11(12)9-19)13-5-7-18-14(17-13)4-6-16-18;1-13-9(12)8-3-2-7(10)4-6(8)5-11/h2-10,12,27H,13H2,1H3;1-9,11,26H,12H2,(H,27,28);6-8,17H,9H2,1-5H3;2-7,20H,8H2,1H3;2-8,19H,9H2,1H3;2-4,11H,5H2,1H3. The van der Waals surface area contributed by atoms with Crippen LogP contribution in [0.25, 0.3) is 89.9 Å². The van der Waals surface area contributed by atoms with Crippen molar-refractivity contribution in [2.45, 2.75) is 78.5 Å². The molecule has 1 aliphatic rings.